The molecule has 3 N–H and O–H groups in total. The summed E-state index contributed by atoms with van der Waals surface area (Å²) < 4.78 is 42.2. The molecule has 3 aliphatic heterocycles. The number of anilines is 2. The van der Waals surface area contributed by atoms with Crippen molar-refractivity contribution >= 4 is 61.2 Å². The molecule has 2 fully saturated rings. The van der Waals surface area contributed by atoms with Gasteiger partial charge in [-0.3, -0.25) is 19.8 Å². The van der Waals surface area contributed by atoms with Crippen molar-refractivity contribution in [2.24, 2.45) is 5.41 Å². The van der Waals surface area contributed by atoms with Crippen LogP contribution in [0.15, 0.2) is 89.6 Å². The van der Waals surface area contributed by atoms with Gasteiger partial charge in [-0.15, -0.1) is 0 Å². The van der Waals surface area contributed by atoms with Crippen LogP contribution in [0, 0.1) is 15.5 Å². The van der Waals surface area contributed by atoms with Crippen molar-refractivity contribution in [1.82, 2.24) is 24.5 Å². The molecule has 2 aromatic heterocycles. The van der Waals surface area contributed by atoms with Crippen LogP contribution in [0.1, 0.15) is 68.3 Å². The number of aromatic nitrogens is 2. The van der Waals surface area contributed by atoms with E-state index in [1.807, 2.05) is 18.2 Å². The van der Waals surface area contributed by atoms with Crippen molar-refractivity contribution in [2.75, 3.05) is 69.2 Å². The number of H-pyrrole nitrogens is 1. The van der Waals surface area contributed by atoms with Crippen molar-refractivity contribution in [3.05, 3.63) is 111 Å². The standard InChI is InChI=1S/C47H53ClN8O7S/c1-47(2)14-12-33(40(26-47)31-6-8-34(48)9-7-31)28-54-18-20-55(21-19-54)36-10-11-39(42(23-36)63-37-22-32-13-15-49-45(32)50-27-37)46(57)52-64(60,61)38-24-41(56(58)59)44-43(25-38)62-30-35(51-44)29-53-16-4-3-5-17-53/h6-11,13,15,22-25,27,35,51H,3-5,12,14,16-21,26,28-30H2,1-2H3,(H,49,50)(H,52,57)/t35-/m1/s1. The van der Waals surface area contributed by atoms with Gasteiger partial charge in [0.1, 0.15) is 23.8 Å². The summed E-state index contributed by atoms with van der Waals surface area (Å²) in [5.74, 6) is -0.474. The molecule has 1 amide bonds. The normalized spacial score (nSPS) is 19.4. The lowest BCUT2D eigenvalue weighted by Gasteiger charge is -2.39. The average molecular weight is 910 g/mol. The third kappa shape index (κ3) is 9.70. The molecule has 5 heterocycles. The second-order valence-corrected chi connectivity index (χ2v) is 20.2. The first-order valence-corrected chi connectivity index (χ1v) is 23.8. The number of rotatable bonds is 12. The molecule has 64 heavy (non-hydrogen) atoms. The molecular formula is C47H53ClN8O7S. The molecule has 0 unspecified atom stereocenters. The predicted molar refractivity (Wildman–Crippen MR) is 248 cm³/mol. The minimum absolute atomic E-state index is 0.0273. The number of carbonyl (C=O) groups is 1. The number of aromatic amines is 1. The molecule has 1 atom stereocenters. The van der Waals surface area contributed by atoms with E-state index in [0.717, 1.165) is 100 Å². The summed E-state index contributed by atoms with van der Waals surface area (Å²) in [4.78, 5) is 39.8. The summed E-state index contributed by atoms with van der Waals surface area (Å²) in [7, 11) is -4.64. The van der Waals surface area contributed by atoms with Crippen molar-refractivity contribution in [3.63, 3.8) is 0 Å². The van der Waals surface area contributed by atoms with Gasteiger partial charge in [0.15, 0.2) is 11.4 Å². The number of ether oxygens (including phenoxy) is 2. The number of pyridine rings is 1. The number of halogens is 1. The molecule has 0 spiro atoms. The first-order valence-electron chi connectivity index (χ1n) is 22.0. The van der Waals surface area contributed by atoms with Crippen LogP contribution in [-0.2, 0) is 10.0 Å². The maximum Gasteiger partial charge on any atom is 0.297 e. The van der Waals surface area contributed by atoms with E-state index in [9.17, 15) is 23.3 Å². The molecule has 2 saturated heterocycles. The minimum Gasteiger partial charge on any atom is -0.489 e. The van der Waals surface area contributed by atoms with E-state index in [2.05, 4.69) is 60.7 Å². The molecule has 336 valence electrons. The largest absolute Gasteiger partial charge is 0.489 e. The number of piperazine rings is 1. The number of amides is 1. The Hall–Kier alpha value is -5.68. The van der Waals surface area contributed by atoms with Gasteiger partial charge in [0, 0.05) is 79.8 Å². The van der Waals surface area contributed by atoms with Crippen LogP contribution in [0.3, 0.4) is 0 Å². The number of nitrogens with zero attached hydrogens (tertiary/aromatic N) is 5. The maximum atomic E-state index is 14.1. The van der Waals surface area contributed by atoms with Crippen molar-refractivity contribution in [1.29, 1.82) is 0 Å². The highest BCUT2D eigenvalue weighted by molar-refractivity contribution is 7.90. The highest BCUT2D eigenvalue weighted by Crippen LogP contribution is 2.44. The molecule has 0 saturated carbocycles. The smallest absolute Gasteiger partial charge is 0.297 e. The molecule has 0 radical (unpaired) electrons. The summed E-state index contributed by atoms with van der Waals surface area (Å²) in [5.41, 5.74) is 5.39. The van der Waals surface area contributed by atoms with Gasteiger partial charge >= 0.3 is 0 Å². The Labute approximate surface area is 378 Å². The lowest BCUT2D eigenvalue weighted by Crippen LogP contribution is -2.47. The summed E-state index contributed by atoms with van der Waals surface area (Å²) in [6.45, 7) is 11.4. The molecule has 0 bridgehead atoms. The van der Waals surface area contributed by atoms with Gasteiger partial charge in [0.05, 0.1) is 27.6 Å². The maximum absolute atomic E-state index is 14.1. The second kappa shape index (κ2) is 18.1. The topological polar surface area (TPSA) is 175 Å². The monoisotopic (exact) mass is 908 g/mol. The number of nitro groups is 1. The Bertz CT molecular complexity index is 2710. The lowest BCUT2D eigenvalue weighted by molar-refractivity contribution is -0.384. The van der Waals surface area contributed by atoms with E-state index >= 15 is 0 Å². The van der Waals surface area contributed by atoms with Crippen LogP contribution in [-0.4, -0.2) is 104 Å². The van der Waals surface area contributed by atoms with Crippen LogP contribution in [0.2, 0.25) is 5.02 Å². The molecule has 3 aromatic carbocycles. The number of fused-ring (bicyclic) bond motifs is 2. The van der Waals surface area contributed by atoms with Crippen LogP contribution in [0.5, 0.6) is 17.2 Å². The summed E-state index contributed by atoms with van der Waals surface area (Å²) >= 11 is 6.25. The Morgan fingerprint density at radius 3 is 2.55 bits per heavy atom. The quantitative estimate of drug-likeness (QED) is 0.0806. The Kier molecular flexibility index (Phi) is 12.3. The van der Waals surface area contributed by atoms with Gasteiger partial charge in [-0.2, -0.15) is 0 Å². The number of benzene rings is 3. The minimum atomic E-state index is -4.64. The van der Waals surface area contributed by atoms with Gasteiger partial charge in [0.25, 0.3) is 21.6 Å². The molecule has 15 nitrogen and oxygen atoms in total. The van der Waals surface area contributed by atoms with E-state index in [1.165, 1.54) is 35.4 Å². The number of sulfonamides is 1. The van der Waals surface area contributed by atoms with Gasteiger partial charge in [0.2, 0.25) is 0 Å². The number of piperidine rings is 1. The van der Waals surface area contributed by atoms with Crippen molar-refractivity contribution < 1.29 is 27.6 Å². The molecule has 4 aliphatic rings. The molecule has 9 rings (SSSR count). The summed E-state index contributed by atoms with van der Waals surface area (Å²) in [5, 5.41) is 17.1. The average Bonchev–Trinajstić information content (AvgIpc) is 3.75. The summed E-state index contributed by atoms with van der Waals surface area (Å²) in [6, 6.07) is 18.8. The molecule has 17 heteroatoms. The molecule has 1 aliphatic carbocycles. The third-order valence-corrected chi connectivity index (χ3v) is 14.4. The number of hydrogen-bond donors (Lipinski definition) is 3. The lowest BCUT2D eigenvalue weighted by atomic mass is 9.72. The fraction of sp³-hybridized carbons (Fsp3) is 0.404. The van der Waals surface area contributed by atoms with Crippen molar-refractivity contribution in [3.8, 4) is 17.2 Å². The first kappa shape index (κ1) is 43.6. The van der Waals surface area contributed by atoms with E-state index in [-0.39, 0.29) is 40.8 Å². The van der Waals surface area contributed by atoms with E-state index < -0.39 is 31.4 Å². The number of allylic oxidation sites excluding steroid dienone is 1. The summed E-state index contributed by atoms with van der Waals surface area (Å²) in [6.07, 6.45) is 9.85. The fourth-order valence-electron chi connectivity index (χ4n) is 9.34. The van der Waals surface area contributed by atoms with Gasteiger partial charge < -0.3 is 29.6 Å². The highest BCUT2D eigenvalue weighted by atomic mass is 35.5. The number of nitro benzene ring substituents is 1. The first-order chi connectivity index (χ1) is 30.8. The predicted octanol–water partition coefficient (Wildman–Crippen LogP) is 8.48. The van der Waals surface area contributed by atoms with Crippen molar-refractivity contribution in [2.45, 2.75) is 63.3 Å². The molecular weight excluding hydrogens is 856 g/mol. The third-order valence-electron chi connectivity index (χ3n) is 12.8. The number of carbonyl (C=O) groups excluding carboxylic acids is 1. The van der Waals surface area contributed by atoms with Gasteiger partial charge in [-0.05, 0) is 98.1 Å². The number of hydrogen-bond acceptors (Lipinski definition) is 12. The van der Waals surface area contributed by atoms with Gasteiger partial charge in [-0.1, -0.05) is 49.6 Å². The Balaban J connectivity index is 0.938. The second-order valence-electron chi connectivity index (χ2n) is 18.1. The Morgan fingerprint density at radius 1 is 1.00 bits per heavy atom. The molecule has 5 aromatic rings. The Morgan fingerprint density at radius 2 is 1.78 bits per heavy atom. The SMILES string of the molecule is CC1(C)CCC(CN2CCN(c3ccc(C(=O)NS(=O)(=O)c4cc5c(c([N+](=O)[O-])c4)N[C@H](CN4CCCCC4)CO5)c(Oc4cnc5[nH]ccc5c4)c3)CC2)=C(c2ccc(Cl)cc2)C1. The van der Waals surface area contributed by atoms with Crippen LogP contribution >= 0.6 is 11.6 Å². The fourth-order valence-corrected chi connectivity index (χ4v) is 10.5. The highest BCUT2D eigenvalue weighted by Gasteiger charge is 2.34. The van der Waals surface area contributed by atoms with Gasteiger partial charge in [-0.25, -0.2) is 18.1 Å². The zero-order valence-corrected chi connectivity index (χ0v) is 37.6. The van der Waals surface area contributed by atoms with Crippen LogP contribution < -0.4 is 24.4 Å². The van der Waals surface area contributed by atoms with E-state index in [0.29, 0.717) is 17.9 Å². The van der Waals surface area contributed by atoms with Crippen LogP contribution in [0.25, 0.3) is 16.6 Å². The van der Waals surface area contributed by atoms with Crippen LogP contribution in [0.4, 0.5) is 17.1 Å². The van der Waals surface area contributed by atoms with E-state index in [4.69, 9.17) is 21.1 Å². The number of likely N-dealkylation sites (tertiary alicyclic amines) is 1. The van der Waals surface area contributed by atoms with E-state index in [1.54, 1.807) is 30.5 Å². The number of nitrogens with one attached hydrogen (secondary N) is 3. The zero-order valence-electron chi connectivity index (χ0n) is 36.1. The zero-order chi connectivity index (χ0) is 44.6.